The molecular weight excluding hydrogens is 406 g/mol. The summed E-state index contributed by atoms with van der Waals surface area (Å²) in [4.78, 5) is 14.9. The standard InChI is InChI=1S/C15H13F4N5O3S/c1-8(15(17,18)19)23-28(26,27)10-7-24(2)13(12(10)16)14(25)22-11-5-3-4-9(6-20)21-11/h3-5,7-8,23H,1-2H3,(H,21,22,25)/t8-/m1/s1. The van der Waals surface area contributed by atoms with Gasteiger partial charge >= 0.3 is 6.18 Å². The lowest BCUT2D eigenvalue weighted by molar-refractivity contribution is -0.147. The molecule has 0 unspecified atom stereocenters. The number of nitrogens with zero attached hydrogens (tertiary/aromatic N) is 3. The van der Waals surface area contributed by atoms with Crippen molar-refractivity contribution in [3.8, 4) is 6.07 Å². The van der Waals surface area contributed by atoms with Gasteiger partial charge in [0.05, 0.1) is 0 Å². The molecule has 0 bridgehead atoms. The molecule has 0 saturated carbocycles. The highest BCUT2D eigenvalue weighted by atomic mass is 32.2. The minimum absolute atomic E-state index is 0.0289. The van der Waals surface area contributed by atoms with Gasteiger partial charge in [-0.1, -0.05) is 6.07 Å². The highest BCUT2D eigenvalue weighted by Gasteiger charge is 2.40. The maximum atomic E-state index is 14.6. The lowest BCUT2D eigenvalue weighted by atomic mass is 10.3. The number of rotatable bonds is 5. The number of pyridine rings is 1. The number of carbonyl (C=O) groups excluding carboxylic acids is 1. The van der Waals surface area contributed by atoms with E-state index in [0.717, 1.165) is 11.6 Å². The van der Waals surface area contributed by atoms with E-state index >= 15 is 0 Å². The number of aryl methyl sites for hydroxylation is 1. The molecule has 0 fully saturated rings. The summed E-state index contributed by atoms with van der Waals surface area (Å²) >= 11 is 0. The zero-order chi connectivity index (χ0) is 21.3. The lowest BCUT2D eigenvalue weighted by Crippen LogP contribution is -2.43. The van der Waals surface area contributed by atoms with Crippen LogP contribution in [0.2, 0.25) is 0 Å². The number of alkyl halides is 3. The molecular formula is C15H13F4N5O3S. The van der Waals surface area contributed by atoms with Gasteiger partial charge in [0.1, 0.15) is 34.2 Å². The predicted octanol–water partition coefficient (Wildman–Crippen LogP) is 1.91. The third-order valence-electron chi connectivity index (χ3n) is 3.52. The number of sulfonamides is 1. The van der Waals surface area contributed by atoms with Crippen molar-refractivity contribution in [3.63, 3.8) is 0 Å². The van der Waals surface area contributed by atoms with Gasteiger partial charge in [-0.05, 0) is 19.1 Å². The quantitative estimate of drug-likeness (QED) is 0.718. The number of nitriles is 1. The first kappa shape index (κ1) is 21.3. The first-order valence-corrected chi connectivity index (χ1v) is 8.97. The summed E-state index contributed by atoms with van der Waals surface area (Å²) in [6.45, 7) is 0.555. The SMILES string of the molecule is C[C@@H](NS(=O)(=O)c1cn(C)c(C(=O)Nc2cccc(C#N)n2)c1F)C(F)(F)F. The monoisotopic (exact) mass is 419 g/mol. The Morgan fingerprint density at radius 1 is 1.36 bits per heavy atom. The second-order valence-corrected chi connectivity index (χ2v) is 7.31. The fourth-order valence-electron chi connectivity index (χ4n) is 2.12. The molecule has 0 aromatic carbocycles. The van der Waals surface area contributed by atoms with E-state index in [1.807, 2.05) is 0 Å². The summed E-state index contributed by atoms with van der Waals surface area (Å²) in [5, 5.41) is 11.0. The molecule has 0 spiro atoms. The summed E-state index contributed by atoms with van der Waals surface area (Å²) in [5.74, 6) is -2.73. The van der Waals surface area contributed by atoms with E-state index in [2.05, 4.69) is 10.3 Å². The molecule has 2 rings (SSSR count). The summed E-state index contributed by atoms with van der Waals surface area (Å²) in [7, 11) is -3.75. The number of hydrogen-bond donors (Lipinski definition) is 2. The molecule has 8 nitrogen and oxygen atoms in total. The molecule has 1 atom stereocenters. The van der Waals surface area contributed by atoms with Crippen molar-refractivity contribution in [3.05, 3.63) is 41.6 Å². The van der Waals surface area contributed by atoms with E-state index in [0.29, 0.717) is 13.1 Å². The van der Waals surface area contributed by atoms with E-state index in [4.69, 9.17) is 5.26 Å². The van der Waals surface area contributed by atoms with Crippen LogP contribution in [0.15, 0.2) is 29.3 Å². The van der Waals surface area contributed by atoms with E-state index in [9.17, 15) is 30.8 Å². The Hall–Kier alpha value is -2.98. The number of nitrogens with one attached hydrogen (secondary N) is 2. The first-order valence-electron chi connectivity index (χ1n) is 7.49. The van der Waals surface area contributed by atoms with Gasteiger partial charge in [0.15, 0.2) is 5.82 Å². The molecule has 0 radical (unpaired) electrons. The minimum atomic E-state index is -4.90. The summed E-state index contributed by atoms with van der Waals surface area (Å²) in [6, 6.07) is 3.34. The van der Waals surface area contributed by atoms with Gasteiger partial charge in [0.2, 0.25) is 10.0 Å². The number of anilines is 1. The molecule has 2 N–H and O–H groups in total. The molecule has 150 valence electrons. The lowest BCUT2D eigenvalue weighted by Gasteiger charge is -2.16. The second-order valence-electron chi connectivity index (χ2n) is 5.63. The number of carbonyl (C=O) groups is 1. The van der Waals surface area contributed by atoms with Crippen LogP contribution >= 0.6 is 0 Å². The van der Waals surface area contributed by atoms with Gasteiger partial charge in [-0.15, -0.1) is 0 Å². The van der Waals surface area contributed by atoms with Crippen LogP contribution in [0, 0.1) is 17.1 Å². The van der Waals surface area contributed by atoms with Crippen molar-refractivity contribution in [1.82, 2.24) is 14.3 Å². The van der Waals surface area contributed by atoms with Gasteiger partial charge in [-0.25, -0.2) is 17.8 Å². The van der Waals surface area contributed by atoms with Crippen molar-refractivity contribution in [2.45, 2.75) is 24.0 Å². The van der Waals surface area contributed by atoms with Crippen LogP contribution in [0.4, 0.5) is 23.4 Å². The maximum absolute atomic E-state index is 14.6. The largest absolute Gasteiger partial charge is 0.404 e. The molecule has 0 aliphatic heterocycles. The van der Waals surface area contributed by atoms with Gasteiger partial charge in [0, 0.05) is 13.2 Å². The Kier molecular flexibility index (Phi) is 5.76. The Morgan fingerprint density at radius 2 is 2.00 bits per heavy atom. The Morgan fingerprint density at radius 3 is 2.57 bits per heavy atom. The normalized spacial score (nSPS) is 13.0. The van der Waals surface area contributed by atoms with Crippen LogP contribution in [-0.4, -0.2) is 36.1 Å². The molecule has 2 aromatic rings. The van der Waals surface area contributed by atoms with Crippen molar-refractivity contribution in [1.29, 1.82) is 5.26 Å². The molecule has 0 saturated heterocycles. The van der Waals surface area contributed by atoms with Crippen LogP contribution in [0.25, 0.3) is 0 Å². The third-order valence-corrected chi connectivity index (χ3v) is 5.05. The number of hydrogen-bond acceptors (Lipinski definition) is 5. The van der Waals surface area contributed by atoms with E-state index in [-0.39, 0.29) is 11.5 Å². The third kappa shape index (κ3) is 4.46. The van der Waals surface area contributed by atoms with Crippen LogP contribution < -0.4 is 10.0 Å². The van der Waals surface area contributed by atoms with Gasteiger partial charge in [-0.3, -0.25) is 4.79 Å². The van der Waals surface area contributed by atoms with Gasteiger partial charge in [-0.2, -0.15) is 23.2 Å². The fraction of sp³-hybridized carbons (Fsp3) is 0.267. The topological polar surface area (TPSA) is 117 Å². The fourth-order valence-corrected chi connectivity index (χ4v) is 3.48. The summed E-state index contributed by atoms with van der Waals surface area (Å²) in [5.41, 5.74) is -0.775. The van der Waals surface area contributed by atoms with E-state index < -0.39 is 44.6 Å². The molecule has 2 aromatic heterocycles. The predicted molar refractivity (Wildman–Crippen MR) is 88.1 cm³/mol. The van der Waals surface area contributed by atoms with Crippen molar-refractivity contribution < 1.29 is 30.8 Å². The van der Waals surface area contributed by atoms with Gasteiger partial charge < -0.3 is 9.88 Å². The zero-order valence-corrected chi connectivity index (χ0v) is 15.2. The van der Waals surface area contributed by atoms with Crippen LogP contribution in [0.1, 0.15) is 23.1 Å². The van der Waals surface area contributed by atoms with Crippen molar-refractivity contribution in [2.75, 3.05) is 5.32 Å². The molecule has 13 heteroatoms. The zero-order valence-electron chi connectivity index (χ0n) is 14.4. The molecule has 1 amide bonds. The average Bonchev–Trinajstić information content (AvgIpc) is 2.89. The number of aromatic nitrogens is 2. The maximum Gasteiger partial charge on any atom is 0.404 e. The Labute approximate surface area is 156 Å². The molecule has 0 aliphatic rings. The van der Waals surface area contributed by atoms with E-state index in [1.165, 1.54) is 22.9 Å². The summed E-state index contributed by atoms with van der Waals surface area (Å²) in [6.07, 6.45) is -4.20. The van der Waals surface area contributed by atoms with Gasteiger partial charge in [0.25, 0.3) is 5.91 Å². The van der Waals surface area contributed by atoms with Crippen LogP contribution in [-0.2, 0) is 17.1 Å². The highest BCUT2D eigenvalue weighted by molar-refractivity contribution is 7.89. The minimum Gasteiger partial charge on any atom is -0.343 e. The number of halogens is 4. The number of amides is 1. The van der Waals surface area contributed by atoms with Crippen LogP contribution in [0.3, 0.4) is 0 Å². The van der Waals surface area contributed by atoms with Crippen molar-refractivity contribution in [2.24, 2.45) is 7.05 Å². The first-order chi connectivity index (χ1) is 12.9. The average molecular weight is 419 g/mol. The molecule has 0 aliphatic carbocycles. The van der Waals surface area contributed by atoms with Crippen LogP contribution in [0.5, 0.6) is 0 Å². The molecule has 28 heavy (non-hydrogen) atoms. The van der Waals surface area contributed by atoms with E-state index in [1.54, 1.807) is 6.07 Å². The Balaban J connectivity index is 2.35. The molecule has 2 heterocycles. The smallest absolute Gasteiger partial charge is 0.343 e. The van der Waals surface area contributed by atoms with Crippen molar-refractivity contribution >= 4 is 21.7 Å². The second kappa shape index (κ2) is 7.56. The summed E-state index contributed by atoms with van der Waals surface area (Å²) < 4.78 is 78.7. The Bertz CT molecular complexity index is 1060. The highest BCUT2D eigenvalue weighted by Crippen LogP contribution is 2.25.